The average molecular weight is 772 g/mol. The summed E-state index contributed by atoms with van der Waals surface area (Å²) in [5, 5.41) is 13.4. The van der Waals surface area contributed by atoms with Crippen molar-refractivity contribution in [3.8, 4) is 11.4 Å². The minimum atomic E-state index is -1.00. The van der Waals surface area contributed by atoms with Gasteiger partial charge < -0.3 is 35.5 Å². The summed E-state index contributed by atoms with van der Waals surface area (Å²) in [5.41, 5.74) is 1.91. The first kappa shape index (κ1) is 40.6. The Morgan fingerprint density at radius 1 is 0.891 bits per heavy atom. The van der Waals surface area contributed by atoms with Crippen LogP contribution < -0.4 is 26.0 Å². The molecule has 55 heavy (non-hydrogen) atoms. The number of nitrogens with one attached hydrogen (secondary N) is 4. The Morgan fingerprint density at radius 2 is 1.62 bits per heavy atom. The summed E-state index contributed by atoms with van der Waals surface area (Å²) < 4.78 is 7.25. The third kappa shape index (κ3) is 10.8. The zero-order chi connectivity index (χ0) is 39.6. The van der Waals surface area contributed by atoms with E-state index in [-0.39, 0.29) is 43.1 Å². The number of carbonyl (C=O) groups is 5. The third-order valence-corrected chi connectivity index (χ3v) is 10.3. The highest BCUT2D eigenvalue weighted by Crippen LogP contribution is 2.23. The van der Waals surface area contributed by atoms with Crippen molar-refractivity contribution in [1.29, 1.82) is 0 Å². The second kappa shape index (κ2) is 18.6. The summed E-state index contributed by atoms with van der Waals surface area (Å²) in [4.78, 5) is 80.0. The van der Waals surface area contributed by atoms with Crippen LogP contribution in [0.4, 0.5) is 0 Å². The summed E-state index contributed by atoms with van der Waals surface area (Å²) in [6, 6.07) is 13.7. The first-order valence-corrected chi connectivity index (χ1v) is 19.0. The van der Waals surface area contributed by atoms with Crippen molar-refractivity contribution in [2.24, 2.45) is 5.92 Å². The highest BCUT2D eigenvalue weighted by Gasteiger charge is 2.31. The average Bonchev–Trinajstić information content (AvgIpc) is 3.86. The zero-order valence-corrected chi connectivity index (χ0v) is 32.8. The lowest BCUT2D eigenvalue weighted by molar-refractivity contribution is -0.136. The Hall–Kier alpha value is -5.61. The number of amides is 5. The SMILES string of the molecule is COc1ccc(-n2ccnc2CN2CCN(C)C(=O)[C@@H](C)NC(=O)[C@H](C(C)C)NC(=O)[C@H](C)NC(=O)c3csc(n3)[C@H](Cc3ccccc3)NC(=O)C2)cc1. The lowest BCUT2D eigenvalue weighted by Crippen LogP contribution is -2.57. The van der Waals surface area contributed by atoms with Gasteiger partial charge in [-0.2, -0.15) is 0 Å². The third-order valence-electron chi connectivity index (χ3n) is 9.32. The van der Waals surface area contributed by atoms with Crippen LogP contribution in [0, 0.1) is 5.92 Å². The van der Waals surface area contributed by atoms with Gasteiger partial charge in [-0.05, 0) is 56.0 Å². The van der Waals surface area contributed by atoms with Gasteiger partial charge in [0.1, 0.15) is 40.4 Å². The summed E-state index contributed by atoms with van der Waals surface area (Å²) >= 11 is 1.23. The smallest absolute Gasteiger partial charge is 0.271 e. The van der Waals surface area contributed by atoms with Crippen molar-refractivity contribution in [1.82, 2.24) is 45.6 Å². The predicted molar refractivity (Wildman–Crippen MR) is 207 cm³/mol. The molecule has 0 saturated heterocycles. The number of rotatable bonds is 7. The van der Waals surface area contributed by atoms with Gasteiger partial charge in [0.05, 0.1) is 26.2 Å². The van der Waals surface area contributed by atoms with Gasteiger partial charge in [0.15, 0.2) is 0 Å². The van der Waals surface area contributed by atoms with E-state index in [4.69, 9.17) is 4.74 Å². The van der Waals surface area contributed by atoms with Crippen LogP contribution in [0.5, 0.6) is 5.75 Å². The van der Waals surface area contributed by atoms with Gasteiger partial charge in [0.2, 0.25) is 23.6 Å². The number of thiazole rings is 1. The molecule has 5 amide bonds. The fourth-order valence-corrected chi connectivity index (χ4v) is 6.98. The number of aromatic nitrogens is 3. The Labute approximate surface area is 324 Å². The van der Waals surface area contributed by atoms with Crippen LogP contribution in [0.25, 0.3) is 5.69 Å². The number of hydrogen-bond donors (Lipinski definition) is 4. The van der Waals surface area contributed by atoms with Crippen LogP contribution in [0.2, 0.25) is 0 Å². The molecule has 292 valence electrons. The normalized spacial score (nSPS) is 21.3. The van der Waals surface area contributed by atoms with Crippen LogP contribution in [0.3, 0.4) is 0 Å². The molecule has 0 spiro atoms. The molecule has 0 unspecified atom stereocenters. The monoisotopic (exact) mass is 771 g/mol. The summed E-state index contributed by atoms with van der Waals surface area (Å²) in [5.74, 6) is -1.25. The van der Waals surface area contributed by atoms with E-state index in [9.17, 15) is 24.0 Å². The number of nitrogens with zero attached hydrogens (tertiary/aromatic N) is 5. The maximum Gasteiger partial charge on any atom is 0.271 e. The highest BCUT2D eigenvalue weighted by molar-refractivity contribution is 7.09. The maximum absolute atomic E-state index is 14.0. The number of methoxy groups -OCH3 is 1. The molecule has 2 aromatic carbocycles. The molecule has 0 fully saturated rings. The number of fused-ring (bicyclic) bond motifs is 2. The molecule has 2 bridgehead atoms. The molecule has 4 aromatic rings. The first-order chi connectivity index (χ1) is 26.3. The van der Waals surface area contributed by atoms with E-state index < -0.39 is 41.9 Å². The number of likely N-dealkylation sites (N-methyl/N-ethyl adjacent to an activating group) is 1. The molecule has 0 radical (unpaired) electrons. The van der Waals surface area contributed by atoms with Crippen LogP contribution in [0.15, 0.2) is 72.4 Å². The Morgan fingerprint density at radius 3 is 2.31 bits per heavy atom. The van der Waals surface area contributed by atoms with Gasteiger partial charge in [-0.3, -0.25) is 28.9 Å². The fourth-order valence-electron chi connectivity index (χ4n) is 6.13. The van der Waals surface area contributed by atoms with Crippen molar-refractivity contribution >= 4 is 40.9 Å². The molecule has 5 rings (SSSR count). The molecule has 0 saturated carbocycles. The van der Waals surface area contributed by atoms with Crippen molar-refractivity contribution < 1.29 is 28.7 Å². The van der Waals surface area contributed by atoms with Crippen LogP contribution in [-0.4, -0.2) is 106 Å². The molecule has 4 N–H and O–H groups in total. The van der Waals surface area contributed by atoms with E-state index in [0.29, 0.717) is 29.5 Å². The van der Waals surface area contributed by atoms with Gasteiger partial charge in [-0.15, -0.1) is 11.3 Å². The molecule has 3 heterocycles. The second-order valence-corrected chi connectivity index (χ2v) is 14.8. The summed E-state index contributed by atoms with van der Waals surface area (Å²) in [6.45, 7) is 7.39. The fraction of sp³-hybridized carbons (Fsp3) is 0.410. The number of benzene rings is 2. The predicted octanol–water partition coefficient (Wildman–Crippen LogP) is 2.48. The molecule has 16 heteroatoms. The van der Waals surface area contributed by atoms with E-state index >= 15 is 0 Å². The Bertz CT molecular complexity index is 1950. The first-order valence-electron chi connectivity index (χ1n) is 18.2. The van der Waals surface area contributed by atoms with Crippen molar-refractivity contribution in [2.45, 2.75) is 64.8 Å². The number of carbonyl (C=O) groups excluding carboxylic acids is 5. The zero-order valence-electron chi connectivity index (χ0n) is 31.9. The molecule has 4 atom stereocenters. The second-order valence-electron chi connectivity index (χ2n) is 13.9. The molecule has 1 aliphatic heterocycles. The largest absolute Gasteiger partial charge is 0.497 e. The molecule has 0 aliphatic carbocycles. The van der Waals surface area contributed by atoms with Crippen molar-refractivity contribution in [3.05, 3.63) is 94.5 Å². The Balaban J connectivity index is 1.46. The van der Waals surface area contributed by atoms with Crippen molar-refractivity contribution in [3.63, 3.8) is 0 Å². The minimum Gasteiger partial charge on any atom is -0.497 e. The molecule has 2 aromatic heterocycles. The maximum atomic E-state index is 14.0. The van der Waals surface area contributed by atoms with E-state index in [1.165, 1.54) is 23.2 Å². The van der Waals surface area contributed by atoms with E-state index in [2.05, 4.69) is 31.2 Å². The van der Waals surface area contributed by atoms with Crippen LogP contribution >= 0.6 is 11.3 Å². The molecule has 15 nitrogen and oxygen atoms in total. The Kier molecular flexibility index (Phi) is 13.7. The van der Waals surface area contributed by atoms with E-state index in [1.807, 2.05) is 70.3 Å². The number of hydrogen-bond acceptors (Lipinski definition) is 10. The lowest BCUT2D eigenvalue weighted by atomic mass is 10.0. The number of ether oxygens (including phenoxy) is 1. The van der Waals surface area contributed by atoms with Crippen molar-refractivity contribution in [2.75, 3.05) is 33.8 Å². The van der Waals surface area contributed by atoms with Gasteiger partial charge in [0, 0.05) is 43.6 Å². The quantitative estimate of drug-likeness (QED) is 0.220. The minimum absolute atomic E-state index is 0.0465. The van der Waals surface area contributed by atoms with Gasteiger partial charge in [-0.1, -0.05) is 44.2 Å². The summed E-state index contributed by atoms with van der Waals surface area (Å²) in [7, 11) is 3.24. The molecular weight excluding hydrogens is 723 g/mol. The van der Waals surface area contributed by atoms with E-state index in [1.54, 1.807) is 46.5 Å². The highest BCUT2D eigenvalue weighted by atomic mass is 32.1. The van der Waals surface area contributed by atoms with Crippen LogP contribution in [0.1, 0.15) is 60.6 Å². The topological polar surface area (TPSA) is 180 Å². The molecular formula is C39H49N9O6S. The summed E-state index contributed by atoms with van der Waals surface area (Å²) in [6.07, 6.45) is 3.94. The lowest BCUT2D eigenvalue weighted by Gasteiger charge is -2.29. The number of imidazole rings is 1. The van der Waals surface area contributed by atoms with E-state index in [0.717, 1.165) is 11.3 Å². The van der Waals surface area contributed by atoms with Crippen LogP contribution in [-0.2, 0) is 32.1 Å². The van der Waals surface area contributed by atoms with Gasteiger partial charge in [-0.25, -0.2) is 9.97 Å². The van der Waals surface area contributed by atoms with Gasteiger partial charge >= 0.3 is 0 Å². The van der Waals surface area contributed by atoms with Gasteiger partial charge in [0.25, 0.3) is 5.91 Å². The molecule has 1 aliphatic rings. The standard InChI is InChI=1S/C39H49N9O6S/c1-24(2)34-37(52)42-26(4)39(53)46(5)18-19-47(21-32-40-16-17-48(32)28-12-14-29(54-6)15-13-28)22-33(49)43-30(20-27-10-8-7-9-11-27)38-44-31(23-55-38)36(51)41-25(3)35(50)45-34/h7-17,23-26,30,34H,18-22H2,1-6H3,(H,41,51)(H,42,52)(H,43,49)(H,45,50)/t25-,26+,30-,34-/m0/s1.